The fourth-order valence-corrected chi connectivity index (χ4v) is 2.30. The van der Waals surface area contributed by atoms with Crippen molar-refractivity contribution in [1.29, 1.82) is 0 Å². The van der Waals surface area contributed by atoms with Gasteiger partial charge >= 0.3 is 0 Å². The van der Waals surface area contributed by atoms with E-state index >= 15 is 0 Å². The van der Waals surface area contributed by atoms with E-state index < -0.39 is 0 Å². The highest BCUT2D eigenvalue weighted by molar-refractivity contribution is 9.10. The minimum atomic E-state index is -0.252. The number of benzene rings is 1. The van der Waals surface area contributed by atoms with E-state index in [1.54, 1.807) is 18.2 Å². The summed E-state index contributed by atoms with van der Waals surface area (Å²) < 4.78 is 14.3. The molecule has 0 saturated carbocycles. The molecule has 0 aliphatic rings. The number of aryl methyl sites for hydroxylation is 1. The topological polar surface area (TPSA) is 25.8 Å². The van der Waals surface area contributed by atoms with Gasteiger partial charge in [0.25, 0.3) is 0 Å². The average Bonchev–Trinajstić information content (AvgIpc) is 2.36. The van der Waals surface area contributed by atoms with Crippen LogP contribution in [0.4, 0.5) is 4.39 Å². The highest BCUT2D eigenvalue weighted by Gasteiger charge is 2.11. The van der Waals surface area contributed by atoms with Crippen molar-refractivity contribution in [3.05, 3.63) is 56.8 Å². The Labute approximate surface area is 118 Å². The zero-order valence-corrected chi connectivity index (χ0v) is 12.1. The molecular weight excluding hydrogens is 319 g/mol. The molecule has 5 heteroatoms. The van der Waals surface area contributed by atoms with Crippen LogP contribution in [0, 0.1) is 5.82 Å². The van der Waals surface area contributed by atoms with Crippen LogP contribution in [0.1, 0.15) is 24.0 Å². The quantitative estimate of drug-likeness (QED) is 0.789. The van der Waals surface area contributed by atoms with E-state index in [-0.39, 0.29) is 5.82 Å². The van der Waals surface area contributed by atoms with E-state index in [0.29, 0.717) is 27.4 Å². The summed E-state index contributed by atoms with van der Waals surface area (Å²) in [4.78, 5) is 8.54. The maximum atomic E-state index is 13.5. The van der Waals surface area contributed by atoms with Crippen LogP contribution in [0.5, 0.6) is 0 Å². The lowest BCUT2D eigenvalue weighted by molar-refractivity contribution is 0.612. The molecule has 1 aromatic carbocycles. The molecule has 2 rings (SSSR count). The van der Waals surface area contributed by atoms with Crippen molar-refractivity contribution in [3.63, 3.8) is 0 Å². The van der Waals surface area contributed by atoms with Crippen molar-refractivity contribution in [3.8, 4) is 0 Å². The molecule has 0 saturated heterocycles. The van der Waals surface area contributed by atoms with Crippen LogP contribution in [-0.2, 0) is 12.8 Å². The van der Waals surface area contributed by atoms with Gasteiger partial charge in [-0.25, -0.2) is 14.4 Å². The van der Waals surface area contributed by atoms with Crippen LogP contribution in [0.2, 0.25) is 5.15 Å². The summed E-state index contributed by atoms with van der Waals surface area (Å²) in [5, 5.41) is 0.369. The second-order valence-corrected chi connectivity index (χ2v) is 4.96. The number of hydrogen-bond acceptors (Lipinski definition) is 2. The van der Waals surface area contributed by atoms with E-state index in [0.717, 1.165) is 12.1 Å². The Balaban J connectivity index is 2.36. The Kier molecular flexibility index (Phi) is 4.30. The second-order valence-electron chi connectivity index (χ2n) is 3.81. The monoisotopic (exact) mass is 328 g/mol. The Morgan fingerprint density at radius 2 is 2.00 bits per heavy atom. The number of hydrogen-bond donors (Lipinski definition) is 0. The van der Waals surface area contributed by atoms with Gasteiger partial charge in [-0.2, -0.15) is 0 Å². The zero-order chi connectivity index (χ0) is 13.1. The minimum Gasteiger partial charge on any atom is -0.236 e. The molecule has 0 radical (unpaired) electrons. The fourth-order valence-electron chi connectivity index (χ4n) is 1.64. The molecule has 1 aromatic heterocycles. The highest BCUT2D eigenvalue weighted by Crippen LogP contribution is 2.24. The maximum Gasteiger partial charge on any atom is 0.147 e. The van der Waals surface area contributed by atoms with Crippen molar-refractivity contribution in [1.82, 2.24) is 9.97 Å². The van der Waals surface area contributed by atoms with E-state index in [9.17, 15) is 4.39 Å². The third-order valence-electron chi connectivity index (χ3n) is 2.57. The first-order chi connectivity index (χ1) is 8.61. The van der Waals surface area contributed by atoms with Crippen LogP contribution in [-0.4, -0.2) is 9.97 Å². The molecule has 0 aliphatic heterocycles. The van der Waals surface area contributed by atoms with Gasteiger partial charge in [0.05, 0.1) is 10.2 Å². The summed E-state index contributed by atoms with van der Waals surface area (Å²) in [6.45, 7) is 1.98. The van der Waals surface area contributed by atoms with E-state index in [4.69, 9.17) is 11.6 Å². The van der Waals surface area contributed by atoms with Gasteiger partial charge in [-0.15, -0.1) is 0 Å². The first kappa shape index (κ1) is 13.4. The van der Waals surface area contributed by atoms with E-state index in [1.807, 2.05) is 6.92 Å². The number of halogens is 3. The second kappa shape index (κ2) is 5.76. The number of aromatic nitrogens is 2. The summed E-state index contributed by atoms with van der Waals surface area (Å²) in [7, 11) is 0. The molecule has 18 heavy (non-hydrogen) atoms. The Morgan fingerprint density at radius 3 is 2.67 bits per heavy atom. The molecule has 94 valence electrons. The van der Waals surface area contributed by atoms with Gasteiger partial charge < -0.3 is 0 Å². The molecule has 0 amide bonds. The first-order valence-corrected chi connectivity index (χ1v) is 6.73. The minimum absolute atomic E-state index is 0.252. The predicted molar refractivity (Wildman–Crippen MR) is 73.3 cm³/mol. The van der Waals surface area contributed by atoms with Gasteiger partial charge in [0.1, 0.15) is 16.8 Å². The van der Waals surface area contributed by atoms with Gasteiger partial charge in [-0.1, -0.05) is 36.7 Å². The summed E-state index contributed by atoms with van der Waals surface area (Å²) in [6, 6.07) is 6.60. The van der Waals surface area contributed by atoms with E-state index in [1.165, 1.54) is 6.07 Å². The van der Waals surface area contributed by atoms with Crippen molar-refractivity contribution >= 4 is 27.5 Å². The van der Waals surface area contributed by atoms with Crippen LogP contribution in [0.15, 0.2) is 28.7 Å². The predicted octanol–water partition coefficient (Wildman–Crippen LogP) is 4.18. The largest absolute Gasteiger partial charge is 0.236 e. The molecule has 0 spiro atoms. The highest BCUT2D eigenvalue weighted by atomic mass is 79.9. The van der Waals surface area contributed by atoms with Gasteiger partial charge in [-0.05, 0) is 34.0 Å². The first-order valence-electron chi connectivity index (χ1n) is 5.56. The summed E-state index contributed by atoms with van der Waals surface area (Å²) in [6.07, 6.45) is 1.08. The average molecular weight is 330 g/mol. The molecule has 0 aliphatic carbocycles. The van der Waals surface area contributed by atoms with Crippen molar-refractivity contribution in [2.24, 2.45) is 0 Å². The fraction of sp³-hybridized carbons (Fsp3) is 0.231. The SMILES string of the molecule is CCc1nc(Cc2ccccc2F)nc(Cl)c1Br. The molecule has 1 heterocycles. The van der Waals surface area contributed by atoms with E-state index in [2.05, 4.69) is 25.9 Å². The lowest BCUT2D eigenvalue weighted by Crippen LogP contribution is -2.03. The summed E-state index contributed by atoms with van der Waals surface area (Å²) >= 11 is 9.36. The zero-order valence-electron chi connectivity index (χ0n) is 9.75. The number of rotatable bonds is 3. The lowest BCUT2D eigenvalue weighted by atomic mass is 10.1. The van der Waals surface area contributed by atoms with Gasteiger partial charge in [0.2, 0.25) is 0 Å². The Bertz CT molecular complexity index is 575. The summed E-state index contributed by atoms with van der Waals surface area (Å²) in [5.41, 5.74) is 1.40. The smallest absolute Gasteiger partial charge is 0.147 e. The van der Waals surface area contributed by atoms with Crippen molar-refractivity contribution < 1.29 is 4.39 Å². The van der Waals surface area contributed by atoms with Gasteiger partial charge in [-0.3, -0.25) is 0 Å². The maximum absolute atomic E-state index is 13.5. The standard InChI is InChI=1S/C13H11BrClFN2/c1-2-10-12(14)13(15)18-11(17-10)7-8-5-3-4-6-9(8)16/h3-6H,2,7H2,1H3. The molecular formula is C13H11BrClFN2. The number of nitrogens with zero attached hydrogens (tertiary/aromatic N) is 2. The Hall–Kier alpha value is -1.00. The van der Waals surface area contributed by atoms with Crippen molar-refractivity contribution in [2.45, 2.75) is 19.8 Å². The lowest BCUT2D eigenvalue weighted by Gasteiger charge is -2.07. The third kappa shape index (κ3) is 2.87. The Morgan fingerprint density at radius 1 is 1.28 bits per heavy atom. The molecule has 2 aromatic rings. The molecule has 0 N–H and O–H groups in total. The van der Waals surface area contributed by atoms with Crippen LogP contribution < -0.4 is 0 Å². The molecule has 0 bridgehead atoms. The third-order valence-corrected chi connectivity index (χ3v) is 3.90. The van der Waals surface area contributed by atoms with Gasteiger partial charge in [0, 0.05) is 6.42 Å². The van der Waals surface area contributed by atoms with Crippen LogP contribution in [0.25, 0.3) is 0 Å². The molecule has 0 atom stereocenters. The molecule has 0 unspecified atom stereocenters. The van der Waals surface area contributed by atoms with Crippen LogP contribution >= 0.6 is 27.5 Å². The molecule has 0 fully saturated rings. The van der Waals surface area contributed by atoms with Gasteiger partial charge in [0.15, 0.2) is 0 Å². The van der Waals surface area contributed by atoms with Crippen molar-refractivity contribution in [2.75, 3.05) is 0 Å². The normalized spacial score (nSPS) is 10.7. The molecule has 2 nitrogen and oxygen atoms in total. The summed E-state index contributed by atoms with van der Waals surface area (Å²) in [5.74, 6) is 0.281. The van der Waals surface area contributed by atoms with Crippen LogP contribution in [0.3, 0.4) is 0 Å².